The van der Waals surface area contributed by atoms with Gasteiger partial charge in [0.1, 0.15) is 0 Å². The Labute approximate surface area is 144 Å². The van der Waals surface area contributed by atoms with E-state index in [-0.39, 0.29) is 11.8 Å². The second-order valence-corrected chi connectivity index (χ2v) is 7.17. The molecule has 0 bridgehead atoms. The number of allylic oxidation sites excluding steroid dienone is 1. The summed E-state index contributed by atoms with van der Waals surface area (Å²) in [6.07, 6.45) is 6.81. The number of likely N-dealkylation sites (N-methyl/N-ethyl adjacent to an activating group) is 1. The molecular formula is C21H26N2O. The lowest BCUT2D eigenvalue weighted by molar-refractivity contribution is -0.134. The first-order valence-electron chi connectivity index (χ1n) is 9.16. The van der Waals surface area contributed by atoms with Crippen LogP contribution in [0.5, 0.6) is 0 Å². The maximum absolute atomic E-state index is 12.9. The molecule has 1 aliphatic heterocycles. The fourth-order valence-electron chi connectivity index (χ4n) is 4.63. The first kappa shape index (κ1) is 15.6. The molecule has 4 rings (SSSR count). The summed E-state index contributed by atoms with van der Waals surface area (Å²) in [5, 5.41) is 0. The Bertz CT molecular complexity index is 742. The molecule has 0 radical (unpaired) electrons. The highest BCUT2D eigenvalue weighted by Crippen LogP contribution is 2.46. The fraction of sp³-hybridized carbons (Fsp3) is 0.476. The summed E-state index contributed by atoms with van der Waals surface area (Å²) < 4.78 is 0. The Morgan fingerprint density at radius 3 is 2.83 bits per heavy atom. The van der Waals surface area contributed by atoms with Crippen LogP contribution >= 0.6 is 0 Å². The van der Waals surface area contributed by atoms with Crippen molar-refractivity contribution in [1.82, 2.24) is 9.80 Å². The number of hydrogen-bond donors (Lipinski definition) is 0. The highest BCUT2D eigenvalue weighted by Gasteiger charge is 2.38. The van der Waals surface area contributed by atoms with Crippen molar-refractivity contribution in [3.05, 3.63) is 47.0 Å². The molecule has 24 heavy (non-hydrogen) atoms. The molecule has 0 fully saturated rings. The van der Waals surface area contributed by atoms with Gasteiger partial charge in [-0.15, -0.1) is 0 Å². The monoisotopic (exact) mass is 322 g/mol. The standard InChI is InChI=1S/C21H26N2O/c1-4-23(5-2)21(24)16-11-18-17-8-6-7-14-9-10-15(20(14)17)12-19(18)22(3)13-16/h6-8,10-11,16,19H,4-5,9,12-13H2,1-3H3/t16-,19-/m1/s1. The molecule has 1 heterocycles. The molecule has 2 atom stereocenters. The summed E-state index contributed by atoms with van der Waals surface area (Å²) >= 11 is 0. The first-order valence-corrected chi connectivity index (χ1v) is 9.16. The van der Waals surface area contributed by atoms with E-state index < -0.39 is 0 Å². The minimum atomic E-state index is -0.0241. The fourth-order valence-corrected chi connectivity index (χ4v) is 4.63. The number of rotatable bonds is 3. The number of hydrogen-bond acceptors (Lipinski definition) is 2. The van der Waals surface area contributed by atoms with Crippen LogP contribution in [0.4, 0.5) is 0 Å². The normalized spacial score (nSPS) is 24.8. The highest BCUT2D eigenvalue weighted by atomic mass is 16.2. The molecule has 2 aliphatic carbocycles. The van der Waals surface area contributed by atoms with Crippen LogP contribution in [-0.4, -0.2) is 48.4 Å². The lowest BCUT2D eigenvalue weighted by atomic mass is 9.77. The van der Waals surface area contributed by atoms with Crippen molar-refractivity contribution in [3.63, 3.8) is 0 Å². The summed E-state index contributed by atoms with van der Waals surface area (Å²) in [7, 11) is 2.17. The Hall–Kier alpha value is -1.87. The van der Waals surface area contributed by atoms with Gasteiger partial charge in [-0.2, -0.15) is 0 Å². The molecule has 3 aliphatic rings. The maximum atomic E-state index is 12.9. The lowest BCUT2D eigenvalue weighted by Crippen LogP contribution is -2.47. The molecule has 3 nitrogen and oxygen atoms in total. The summed E-state index contributed by atoms with van der Waals surface area (Å²) in [4.78, 5) is 17.2. The van der Waals surface area contributed by atoms with Crippen LogP contribution < -0.4 is 0 Å². The average molecular weight is 322 g/mol. The third-order valence-corrected chi connectivity index (χ3v) is 5.91. The molecule has 1 aromatic carbocycles. The summed E-state index contributed by atoms with van der Waals surface area (Å²) in [5.41, 5.74) is 7.12. The first-order chi connectivity index (χ1) is 11.6. The van der Waals surface area contributed by atoms with Crippen LogP contribution in [0.15, 0.2) is 30.4 Å². The maximum Gasteiger partial charge on any atom is 0.230 e. The van der Waals surface area contributed by atoms with Gasteiger partial charge >= 0.3 is 0 Å². The molecule has 0 N–H and O–H groups in total. The third kappa shape index (κ3) is 2.26. The molecular weight excluding hydrogens is 296 g/mol. The Morgan fingerprint density at radius 1 is 1.29 bits per heavy atom. The SMILES string of the molecule is CCN(CC)C(=O)[C@@H]1C=C2c3cccc4c3C(=CC4)C[C@H]2N(C)C1. The topological polar surface area (TPSA) is 23.6 Å². The van der Waals surface area contributed by atoms with Crippen molar-refractivity contribution in [1.29, 1.82) is 0 Å². The van der Waals surface area contributed by atoms with E-state index in [1.54, 1.807) is 0 Å². The number of amides is 1. The van der Waals surface area contributed by atoms with Gasteiger partial charge in [0, 0.05) is 25.7 Å². The van der Waals surface area contributed by atoms with Crippen molar-refractivity contribution in [2.24, 2.45) is 5.92 Å². The quantitative estimate of drug-likeness (QED) is 0.853. The van der Waals surface area contributed by atoms with Crippen LogP contribution in [0.3, 0.4) is 0 Å². The van der Waals surface area contributed by atoms with Crippen LogP contribution in [-0.2, 0) is 11.2 Å². The molecule has 0 aromatic heterocycles. The van der Waals surface area contributed by atoms with E-state index >= 15 is 0 Å². The molecule has 0 saturated carbocycles. The van der Waals surface area contributed by atoms with E-state index in [1.165, 1.54) is 27.8 Å². The minimum Gasteiger partial charge on any atom is -0.343 e. The minimum absolute atomic E-state index is 0.0241. The van der Waals surface area contributed by atoms with Gasteiger partial charge in [0.15, 0.2) is 0 Å². The molecule has 126 valence electrons. The van der Waals surface area contributed by atoms with Crippen LogP contribution in [0, 0.1) is 5.92 Å². The van der Waals surface area contributed by atoms with E-state index in [9.17, 15) is 4.79 Å². The predicted molar refractivity (Wildman–Crippen MR) is 98.6 cm³/mol. The number of carbonyl (C=O) groups excluding carboxylic acids is 1. The summed E-state index contributed by atoms with van der Waals surface area (Å²) in [6.45, 7) is 6.52. The van der Waals surface area contributed by atoms with E-state index in [1.807, 2.05) is 4.90 Å². The van der Waals surface area contributed by atoms with Gasteiger partial charge in [0.25, 0.3) is 0 Å². The van der Waals surface area contributed by atoms with Gasteiger partial charge in [-0.05, 0) is 61.6 Å². The van der Waals surface area contributed by atoms with E-state index in [2.05, 4.69) is 56.1 Å². The van der Waals surface area contributed by atoms with Crippen molar-refractivity contribution < 1.29 is 4.79 Å². The zero-order chi connectivity index (χ0) is 16.8. The van der Waals surface area contributed by atoms with Crippen molar-refractivity contribution >= 4 is 17.1 Å². The van der Waals surface area contributed by atoms with Gasteiger partial charge in [-0.3, -0.25) is 9.69 Å². The predicted octanol–water partition coefficient (Wildman–Crippen LogP) is 3.21. The number of fused-ring (bicyclic) bond motifs is 2. The highest BCUT2D eigenvalue weighted by molar-refractivity contribution is 5.93. The Balaban J connectivity index is 1.77. The average Bonchev–Trinajstić information content (AvgIpc) is 3.01. The van der Waals surface area contributed by atoms with E-state index in [0.29, 0.717) is 6.04 Å². The van der Waals surface area contributed by atoms with Crippen LogP contribution in [0.25, 0.3) is 11.1 Å². The van der Waals surface area contributed by atoms with Crippen molar-refractivity contribution in [2.45, 2.75) is 32.7 Å². The third-order valence-electron chi connectivity index (χ3n) is 5.91. The molecule has 0 saturated heterocycles. The smallest absolute Gasteiger partial charge is 0.230 e. The molecule has 3 heteroatoms. The zero-order valence-corrected chi connectivity index (χ0v) is 14.9. The van der Waals surface area contributed by atoms with Gasteiger partial charge < -0.3 is 4.90 Å². The summed E-state index contributed by atoms with van der Waals surface area (Å²) in [6, 6.07) is 7.07. The number of benzene rings is 1. The second-order valence-electron chi connectivity index (χ2n) is 7.17. The number of carbonyl (C=O) groups is 1. The van der Waals surface area contributed by atoms with Gasteiger partial charge in [-0.25, -0.2) is 0 Å². The zero-order valence-electron chi connectivity index (χ0n) is 14.9. The van der Waals surface area contributed by atoms with Gasteiger partial charge in [0.05, 0.1) is 5.92 Å². The van der Waals surface area contributed by atoms with E-state index in [4.69, 9.17) is 0 Å². The Kier molecular flexibility index (Phi) is 3.84. The lowest BCUT2D eigenvalue weighted by Gasteiger charge is -2.41. The molecule has 0 spiro atoms. The van der Waals surface area contributed by atoms with Gasteiger partial charge in [-0.1, -0.05) is 30.4 Å². The van der Waals surface area contributed by atoms with Crippen LogP contribution in [0.1, 0.15) is 37.0 Å². The molecule has 1 aromatic rings. The molecule has 1 amide bonds. The van der Waals surface area contributed by atoms with Crippen LogP contribution in [0.2, 0.25) is 0 Å². The van der Waals surface area contributed by atoms with Gasteiger partial charge in [0.2, 0.25) is 5.91 Å². The number of nitrogens with zero attached hydrogens (tertiary/aromatic N) is 2. The largest absolute Gasteiger partial charge is 0.343 e. The van der Waals surface area contributed by atoms with Crippen molar-refractivity contribution in [2.75, 3.05) is 26.7 Å². The second kappa shape index (κ2) is 5.89. The Morgan fingerprint density at radius 2 is 2.08 bits per heavy atom. The van der Waals surface area contributed by atoms with E-state index in [0.717, 1.165) is 32.5 Å². The molecule has 0 unspecified atom stereocenters. The van der Waals surface area contributed by atoms with Crippen molar-refractivity contribution in [3.8, 4) is 0 Å². The summed E-state index contributed by atoms with van der Waals surface area (Å²) in [5.74, 6) is 0.246.